The number of aryl methyl sites for hydroxylation is 1. The molecule has 5 nitrogen and oxygen atoms in total. The maximum Gasteiger partial charge on any atom is 0.274 e. The molecule has 1 aromatic rings. The lowest BCUT2D eigenvalue weighted by molar-refractivity contribution is -0.120. The van der Waals surface area contributed by atoms with Crippen LogP contribution in [0.1, 0.15) is 29.0 Å². The van der Waals surface area contributed by atoms with Gasteiger partial charge in [0.2, 0.25) is 0 Å². The van der Waals surface area contributed by atoms with E-state index in [1.807, 2.05) is 6.92 Å². The van der Waals surface area contributed by atoms with E-state index in [9.17, 15) is 9.59 Å². The third kappa shape index (κ3) is 2.06. The number of nitrogens with zero attached hydrogens (tertiary/aromatic N) is 2. The molecule has 2 rings (SSSR count). The molecule has 2 heterocycles. The summed E-state index contributed by atoms with van der Waals surface area (Å²) in [6.45, 7) is 2.89. The van der Waals surface area contributed by atoms with Crippen LogP contribution in [0.3, 0.4) is 0 Å². The number of amides is 1. The fourth-order valence-electron chi connectivity index (χ4n) is 1.65. The minimum Gasteiger partial charge on any atom is -0.336 e. The van der Waals surface area contributed by atoms with Gasteiger partial charge in [-0.15, -0.1) is 0 Å². The maximum atomic E-state index is 11.9. The van der Waals surface area contributed by atoms with Crippen molar-refractivity contribution in [1.82, 2.24) is 15.1 Å². The van der Waals surface area contributed by atoms with Crippen molar-refractivity contribution in [2.45, 2.75) is 19.8 Å². The number of piperidine rings is 1. The van der Waals surface area contributed by atoms with Crippen LogP contribution in [0.5, 0.6) is 0 Å². The first-order chi connectivity index (χ1) is 7.16. The fourth-order valence-corrected chi connectivity index (χ4v) is 1.65. The summed E-state index contributed by atoms with van der Waals surface area (Å²) in [6.07, 6.45) is 0.935. The molecule has 15 heavy (non-hydrogen) atoms. The highest BCUT2D eigenvalue weighted by molar-refractivity contribution is 5.93. The number of likely N-dealkylation sites (tertiary alicyclic amines) is 1. The minimum atomic E-state index is -0.0909. The van der Waals surface area contributed by atoms with Crippen LogP contribution in [0.2, 0.25) is 0 Å². The van der Waals surface area contributed by atoms with Gasteiger partial charge in [0.05, 0.1) is 0 Å². The second-order valence-electron chi connectivity index (χ2n) is 3.77. The molecule has 1 amide bonds. The number of carbonyl (C=O) groups excluding carboxylic acids is 2. The first-order valence-corrected chi connectivity index (χ1v) is 5.00. The van der Waals surface area contributed by atoms with Gasteiger partial charge in [0.25, 0.3) is 5.91 Å². The Balaban J connectivity index is 2.05. The van der Waals surface area contributed by atoms with Gasteiger partial charge in [-0.25, -0.2) is 0 Å². The zero-order valence-electron chi connectivity index (χ0n) is 8.62. The van der Waals surface area contributed by atoms with Crippen LogP contribution in [-0.2, 0) is 4.79 Å². The third-order valence-corrected chi connectivity index (χ3v) is 2.53. The largest absolute Gasteiger partial charge is 0.336 e. The van der Waals surface area contributed by atoms with E-state index < -0.39 is 0 Å². The van der Waals surface area contributed by atoms with Gasteiger partial charge in [0.15, 0.2) is 0 Å². The maximum absolute atomic E-state index is 11.9. The van der Waals surface area contributed by atoms with Crippen LogP contribution in [0, 0.1) is 6.92 Å². The number of ketones is 1. The number of aromatic nitrogens is 2. The predicted molar refractivity (Wildman–Crippen MR) is 53.5 cm³/mol. The summed E-state index contributed by atoms with van der Waals surface area (Å²) in [5, 5.41) is 6.64. The van der Waals surface area contributed by atoms with E-state index >= 15 is 0 Å². The number of rotatable bonds is 1. The van der Waals surface area contributed by atoms with Crippen molar-refractivity contribution in [2.75, 3.05) is 13.1 Å². The molecule has 0 unspecified atom stereocenters. The molecule has 0 saturated carbocycles. The SMILES string of the molecule is Cc1cc(C(=O)N2CCC(=O)CC2)n[nH]1. The van der Waals surface area contributed by atoms with Gasteiger partial charge in [-0.3, -0.25) is 14.7 Å². The number of aromatic amines is 1. The van der Waals surface area contributed by atoms with Crippen molar-refractivity contribution < 1.29 is 9.59 Å². The summed E-state index contributed by atoms with van der Waals surface area (Å²) < 4.78 is 0. The summed E-state index contributed by atoms with van der Waals surface area (Å²) >= 11 is 0. The molecule has 0 aromatic carbocycles. The summed E-state index contributed by atoms with van der Waals surface area (Å²) in [5.41, 5.74) is 1.30. The standard InChI is InChI=1S/C10H13N3O2/c1-7-6-9(12-11-7)10(15)13-4-2-8(14)3-5-13/h6H,2-5H2,1H3,(H,11,12). The zero-order chi connectivity index (χ0) is 10.8. The number of Topliss-reactive ketones (excluding diaryl/α,β-unsaturated/α-hetero) is 1. The van der Waals surface area contributed by atoms with Crippen molar-refractivity contribution in [3.05, 3.63) is 17.5 Å². The summed E-state index contributed by atoms with van der Waals surface area (Å²) in [6, 6.07) is 1.72. The summed E-state index contributed by atoms with van der Waals surface area (Å²) in [5.74, 6) is 0.143. The van der Waals surface area contributed by atoms with Crippen molar-refractivity contribution in [3.8, 4) is 0 Å². The quantitative estimate of drug-likeness (QED) is 0.730. The van der Waals surface area contributed by atoms with Crippen LogP contribution in [-0.4, -0.2) is 39.9 Å². The zero-order valence-corrected chi connectivity index (χ0v) is 8.62. The third-order valence-electron chi connectivity index (χ3n) is 2.53. The Morgan fingerprint density at radius 1 is 1.47 bits per heavy atom. The van der Waals surface area contributed by atoms with E-state index in [1.165, 1.54) is 0 Å². The smallest absolute Gasteiger partial charge is 0.274 e. The lowest BCUT2D eigenvalue weighted by Crippen LogP contribution is -2.38. The Labute approximate surface area is 87.5 Å². The van der Waals surface area contributed by atoms with Crippen LogP contribution in [0.4, 0.5) is 0 Å². The first kappa shape index (κ1) is 9.89. The molecule has 0 aliphatic carbocycles. The van der Waals surface area contributed by atoms with Gasteiger partial charge in [-0.05, 0) is 13.0 Å². The molecular weight excluding hydrogens is 194 g/mol. The normalized spacial score (nSPS) is 16.9. The molecule has 1 N–H and O–H groups in total. The number of H-pyrrole nitrogens is 1. The van der Waals surface area contributed by atoms with E-state index in [0.717, 1.165) is 5.69 Å². The molecule has 0 radical (unpaired) electrons. The number of hydrogen-bond acceptors (Lipinski definition) is 3. The lowest BCUT2D eigenvalue weighted by atomic mass is 10.1. The van der Waals surface area contributed by atoms with Crippen molar-refractivity contribution in [2.24, 2.45) is 0 Å². The van der Waals surface area contributed by atoms with Gasteiger partial charge in [-0.2, -0.15) is 5.10 Å². The number of carbonyl (C=O) groups is 2. The van der Waals surface area contributed by atoms with Crippen molar-refractivity contribution >= 4 is 11.7 Å². The van der Waals surface area contributed by atoms with Crippen LogP contribution >= 0.6 is 0 Å². The van der Waals surface area contributed by atoms with Gasteiger partial charge in [0.1, 0.15) is 11.5 Å². The van der Waals surface area contributed by atoms with Gasteiger partial charge in [0, 0.05) is 31.6 Å². The molecule has 0 spiro atoms. The van der Waals surface area contributed by atoms with Gasteiger partial charge >= 0.3 is 0 Å². The van der Waals surface area contributed by atoms with Crippen molar-refractivity contribution in [1.29, 1.82) is 0 Å². The molecular formula is C10H13N3O2. The molecule has 1 aliphatic rings. The van der Waals surface area contributed by atoms with E-state index in [1.54, 1.807) is 11.0 Å². The van der Waals surface area contributed by atoms with E-state index in [-0.39, 0.29) is 11.7 Å². The molecule has 1 aromatic heterocycles. The van der Waals surface area contributed by atoms with E-state index in [2.05, 4.69) is 10.2 Å². The Bertz CT molecular complexity index is 387. The highest BCUT2D eigenvalue weighted by Gasteiger charge is 2.23. The Morgan fingerprint density at radius 3 is 2.67 bits per heavy atom. The Morgan fingerprint density at radius 2 is 2.13 bits per heavy atom. The van der Waals surface area contributed by atoms with Gasteiger partial charge < -0.3 is 4.90 Å². The molecule has 0 bridgehead atoms. The highest BCUT2D eigenvalue weighted by atomic mass is 16.2. The molecule has 5 heteroatoms. The average molecular weight is 207 g/mol. The Hall–Kier alpha value is -1.65. The Kier molecular flexibility index (Phi) is 2.53. The van der Waals surface area contributed by atoms with Gasteiger partial charge in [-0.1, -0.05) is 0 Å². The predicted octanol–water partition coefficient (Wildman–Crippen LogP) is 0.523. The second kappa shape index (κ2) is 3.84. The lowest BCUT2D eigenvalue weighted by Gasteiger charge is -2.25. The summed E-state index contributed by atoms with van der Waals surface area (Å²) in [7, 11) is 0. The minimum absolute atomic E-state index is 0.0909. The number of hydrogen-bond donors (Lipinski definition) is 1. The monoisotopic (exact) mass is 207 g/mol. The van der Waals surface area contributed by atoms with Crippen molar-refractivity contribution in [3.63, 3.8) is 0 Å². The molecule has 80 valence electrons. The van der Waals surface area contributed by atoms with Crippen LogP contribution in [0.25, 0.3) is 0 Å². The second-order valence-corrected chi connectivity index (χ2v) is 3.77. The topological polar surface area (TPSA) is 66.1 Å². The molecule has 1 fully saturated rings. The molecule has 1 aliphatic heterocycles. The molecule has 0 atom stereocenters. The summed E-state index contributed by atoms with van der Waals surface area (Å²) in [4.78, 5) is 24.5. The van der Waals surface area contributed by atoms with Crippen LogP contribution in [0.15, 0.2) is 6.07 Å². The number of nitrogens with one attached hydrogen (secondary N) is 1. The van der Waals surface area contributed by atoms with Crippen LogP contribution < -0.4 is 0 Å². The van der Waals surface area contributed by atoms with E-state index in [4.69, 9.17) is 0 Å². The average Bonchev–Trinajstić information content (AvgIpc) is 2.65. The highest BCUT2D eigenvalue weighted by Crippen LogP contribution is 2.10. The molecule has 1 saturated heterocycles. The van der Waals surface area contributed by atoms with E-state index in [0.29, 0.717) is 31.6 Å². The fraction of sp³-hybridized carbons (Fsp3) is 0.500. The first-order valence-electron chi connectivity index (χ1n) is 5.00.